The summed E-state index contributed by atoms with van der Waals surface area (Å²) < 4.78 is 4.38. The fraction of sp³-hybridized carbons (Fsp3) is 0.364. The molecule has 16 heavy (non-hydrogen) atoms. The van der Waals surface area contributed by atoms with Crippen molar-refractivity contribution in [2.45, 2.75) is 18.6 Å². The van der Waals surface area contributed by atoms with Gasteiger partial charge in [-0.1, -0.05) is 12.1 Å². The van der Waals surface area contributed by atoms with Gasteiger partial charge in [0.15, 0.2) is 6.10 Å². The van der Waals surface area contributed by atoms with E-state index in [1.807, 2.05) is 0 Å². The molecule has 5 nitrogen and oxygen atoms in total. The van der Waals surface area contributed by atoms with E-state index in [4.69, 9.17) is 10.8 Å². The lowest BCUT2D eigenvalue weighted by Crippen LogP contribution is -2.42. The number of benzene rings is 1. The molecule has 0 aliphatic heterocycles. The Hall–Kier alpha value is -1.59. The van der Waals surface area contributed by atoms with Crippen molar-refractivity contribution in [3.8, 4) is 5.75 Å². The molecule has 0 amide bonds. The van der Waals surface area contributed by atoms with Crippen LogP contribution in [0.5, 0.6) is 5.75 Å². The Morgan fingerprint density at radius 3 is 2.50 bits per heavy atom. The zero-order chi connectivity index (χ0) is 12.1. The standard InChI is InChI=1S/C11H15NO4/c1-16-11(15)10(14)9(12)6-7-2-4-8(13)5-3-7/h2-5,9-10,13-14H,6,12H2,1H3/t9-,10-/m0/s1. The molecule has 1 aromatic carbocycles. The minimum absolute atomic E-state index is 0.158. The maximum absolute atomic E-state index is 11.0. The molecule has 0 fully saturated rings. The van der Waals surface area contributed by atoms with Crippen molar-refractivity contribution in [1.29, 1.82) is 0 Å². The van der Waals surface area contributed by atoms with Gasteiger partial charge in [0.05, 0.1) is 7.11 Å². The molecule has 5 heteroatoms. The molecule has 0 heterocycles. The maximum Gasteiger partial charge on any atom is 0.336 e. The molecular formula is C11H15NO4. The van der Waals surface area contributed by atoms with Gasteiger partial charge in [0, 0.05) is 6.04 Å². The molecule has 2 atom stereocenters. The number of aliphatic hydroxyl groups excluding tert-OH is 1. The highest BCUT2D eigenvalue weighted by molar-refractivity contribution is 5.75. The Morgan fingerprint density at radius 2 is 2.00 bits per heavy atom. The highest BCUT2D eigenvalue weighted by atomic mass is 16.5. The SMILES string of the molecule is COC(=O)[C@@H](O)[C@@H](N)Cc1ccc(O)cc1. The predicted octanol–water partition coefficient (Wildman–Crippen LogP) is -0.204. The van der Waals surface area contributed by atoms with E-state index in [9.17, 15) is 9.90 Å². The summed E-state index contributed by atoms with van der Waals surface area (Å²) in [6.07, 6.45) is -1.00. The number of hydrogen-bond acceptors (Lipinski definition) is 5. The van der Waals surface area contributed by atoms with Gasteiger partial charge in [0.2, 0.25) is 0 Å². The third-order valence-corrected chi connectivity index (χ3v) is 2.26. The van der Waals surface area contributed by atoms with Crippen molar-refractivity contribution < 1.29 is 19.7 Å². The topological polar surface area (TPSA) is 92.8 Å². The molecule has 1 aromatic rings. The lowest BCUT2D eigenvalue weighted by atomic mass is 10.0. The molecule has 0 aliphatic carbocycles. The number of aromatic hydroxyl groups is 1. The Labute approximate surface area is 93.5 Å². The monoisotopic (exact) mass is 225 g/mol. The van der Waals surface area contributed by atoms with Crippen molar-refractivity contribution >= 4 is 5.97 Å². The molecule has 0 spiro atoms. The fourth-order valence-corrected chi connectivity index (χ4v) is 1.31. The molecule has 0 saturated carbocycles. The second-order valence-corrected chi connectivity index (χ2v) is 3.50. The summed E-state index contributed by atoms with van der Waals surface area (Å²) in [5, 5.41) is 18.5. The summed E-state index contributed by atoms with van der Waals surface area (Å²) in [4.78, 5) is 11.0. The lowest BCUT2D eigenvalue weighted by Gasteiger charge is -2.16. The van der Waals surface area contributed by atoms with Crippen LogP contribution in [0.3, 0.4) is 0 Å². The van der Waals surface area contributed by atoms with E-state index in [0.717, 1.165) is 5.56 Å². The number of methoxy groups -OCH3 is 1. The minimum atomic E-state index is -1.33. The van der Waals surface area contributed by atoms with Gasteiger partial charge in [-0.25, -0.2) is 4.79 Å². The molecule has 0 aliphatic rings. The first-order valence-corrected chi connectivity index (χ1v) is 4.84. The van der Waals surface area contributed by atoms with E-state index < -0.39 is 18.1 Å². The van der Waals surface area contributed by atoms with Gasteiger partial charge in [0.1, 0.15) is 5.75 Å². The van der Waals surface area contributed by atoms with Gasteiger partial charge in [-0.05, 0) is 24.1 Å². The van der Waals surface area contributed by atoms with Crippen LogP contribution >= 0.6 is 0 Å². The van der Waals surface area contributed by atoms with Crippen molar-refractivity contribution in [3.05, 3.63) is 29.8 Å². The first-order valence-electron chi connectivity index (χ1n) is 4.84. The zero-order valence-corrected chi connectivity index (χ0v) is 8.96. The second kappa shape index (κ2) is 5.48. The number of phenolic OH excluding ortho intramolecular Hbond substituents is 1. The quantitative estimate of drug-likeness (QED) is 0.617. The summed E-state index contributed by atoms with van der Waals surface area (Å²) in [7, 11) is 1.19. The van der Waals surface area contributed by atoms with Crippen LogP contribution in [0.15, 0.2) is 24.3 Å². The molecular weight excluding hydrogens is 210 g/mol. The van der Waals surface area contributed by atoms with E-state index in [0.29, 0.717) is 6.42 Å². The van der Waals surface area contributed by atoms with E-state index in [2.05, 4.69) is 4.74 Å². The summed E-state index contributed by atoms with van der Waals surface area (Å²) in [6.45, 7) is 0. The lowest BCUT2D eigenvalue weighted by molar-refractivity contribution is -0.151. The average molecular weight is 225 g/mol. The minimum Gasteiger partial charge on any atom is -0.508 e. The second-order valence-electron chi connectivity index (χ2n) is 3.50. The predicted molar refractivity (Wildman–Crippen MR) is 57.8 cm³/mol. The largest absolute Gasteiger partial charge is 0.508 e. The fourth-order valence-electron chi connectivity index (χ4n) is 1.31. The number of ether oxygens (including phenoxy) is 1. The highest BCUT2D eigenvalue weighted by Gasteiger charge is 2.23. The Kier molecular flexibility index (Phi) is 4.28. The number of nitrogens with two attached hydrogens (primary N) is 1. The van der Waals surface area contributed by atoms with Gasteiger partial charge < -0.3 is 20.7 Å². The molecule has 0 radical (unpaired) electrons. The van der Waals surface area contributed by atoms with Crippen LogP contribution in [-0.4, -0.2) is 35.4 Å². The van der Waals surface area contributed by atoms with Crippen LogP contribution in [-0.2, 0) is 16.0 Å². The third kappa shape index (κ3) is 3.22. The van der Waals surface area contributed by atoms with Crippen LogP contribution in [0.4, 0.5) is 0 Å². The number of aliphatic hydroxyl groups is 1. The molecule has 0 unspecified atom stereocenters. The number of rotatable bonds is 4. The molecule has 4 N–H and O–H groups in total. The van der Waals surface area contributed by atoms with Gasteiger partial charge in [-0.3, -0.25) is 0 Å². The van der Waals surface area contributed by atoms with Crippen LogP contribution in [0, 0.1) is 0 Å². The van der Waals surface area contributed by atoms with Crippen LogP contribution < -0.4 is 5.73 Å². The van der Waals surface area contributed by atoms with E-state index in [-0.39, 0.29) is 5.75 Å². The van der Waals surface area contributed by atoms with E-state index in [1.54, 1.807) is 12.1 Å². The molecule has 0 bridgehead atoms. The van der Waals surface area contributed by atoms with Crippen molar-refractivity contribution in [2.24, 2.45) is 5.73 Å². The van der Waals surface area contributed by atoms with Crippen molar-refractivity contribution in [1.82, 2.24) is 0 Å². The van der Waals surface area contributed by atoms with Crippen LogP contribution in [0.25, 0.3) is 0 Å². The van der Waals surface area contributed by atoms with Crippen molar-refractivity contribution in [3.63, 3.8) is 0 Å². The Morgan fingerprint density at radius 1 is 1.44 bits per heavy atom. The number of esters is 1. The zero-order valence-electron chi connectivity index (χ0n) is 8.96. The van der Waals surface area contributed by atoms with Gasteiger partial charge in [0.25, 0.3) is 0 Å². The number of hydrogen-bond donors (Lipinski definition) is 3. The number of carbonyl (C=O) groups is 1. The summed E-state index contributed by atoms with van der Waals surface area (Å²) in [6, 6.07) is 5.68. The summed E-state index contributed by atoms with van der Waals surface area (Å²) >= 11 is 0. The normalized spacial score (nSPS) is 14.2. The molecule has 0 aromatic heterocycles. The number of carbonyl (C=O) groups excluding carboxylic acids is 1. The van der Waals surface area contributed by atoms with Gasteiger partial charge >= 0.3 is 5.97 Å². The molecule has 0 saturated heterocycles. The van der Waals surface area contributed by atoms with E-state index in [1.165, 1.54) is 19.2 Å². The smallest absolute Gasteiger partial charge is 0.336 e. The first kappa shape index (κ1) is 12.5. The highest BCUT2D eigenvalue weighted by Crippen LogP contribution is 2.11. The number of phenols is 1. The summed E-state index contributed by atoms with van der Waals surface area (Å²) in [5.41, 5.74) is 6.48. The van der Waals surface area contributed by atoms with Crippen LogP contribution in [0.2, 0.25) is 0 Å². The Bertz CT molecular complexity index is 350. The maximum atomic E-state index is 11.0. The first-order chi connectivity index (χ1) is 7.54. The van der Waals surface area contributed by atoms with E-state index >= 15 is 0 Å². The Balaban J connectivity index is 2.60. The molecule has 88 valence electrons. The average Bonchev–Trinajstić information content (AvgIpc) is 2.30. The van der Waals surface area contributed by atoms with Gasteiger partial charge in [-0.2, -0.15) is 0 Å². The van der Waals surface area contributed by atoms with Crippen LogP contribution in [0.1, 0.15) is 5.56 Å². The van der Waals surface area contributed by atoms with Gasteiger partial charge in [-0.15, -0.1) is 0 Å². The summed E-state index contributed by atoms with van der Waals surface area (Å²) in [5.74, 6) is -0.586. The molecule has 1 rings (SSSR count). The van der Waals surface area contributed by atoms with Crippen molar-refractivity contribution in [2.75, 3.05) is 7.11 Å². The third-order valence-electron chi connectivity index (χ3n) is 2.26.